The summed E-state index contributed by atoms with van der Waals surface area (Å²) in [5, 5.41) is 6.25. The summed E-state index contributed by atoms with van der Waals surface area (Å²) in [6.07, 6.45) is 0.0806. The van der Waals surface area contributed by atoms with Gasteiger partial charge in [0.05, 0.1) is 10.6 Å². The summed E-state index contributed by atoms with van der Waals surface area (Å²) in [7, 11) is 0. The fraction of sp³-hybridized carbons (Fsp3) is 0.174. The van der Waals surface area contributed by atoms with E-state index in [-0.39, 0.29) is 23.1 Å². The van der Waals surface area contributed by atoms with Crippen LogP contribution in [-0.2, 0) is 0 Å². The van der Waals surface area contributed by atoms with Crippen LogP contribution in [0.1, 0.15) is 28.8 Å². The molecule has 0 aliphatic carbocycles. The number of amides is 1. The number of benzene rings is 2. The molecule has 2 aromatic carbocycles. The number of nitrogens with zero attached hydrogens (tertiary/aromatic N) is 3. The highest BCUT2D eigenvalue weighted by Crippen LogP contribution is 2.30. The summed E-state index contributed by atoms with van der Waals surface area (Å²) in [5.74, 6) is -2.66. The van der Waals surface area contributed by atoms with Crippen molar-refractivity contribution in [2.45, 2.75) is 19.0 Å². The van der Waals surface area contributed by atoms with Crippen molar-refractivity contribution in [3.8, 4) is 11.1 Å². The fourth-order valence-corrected chi connectivity index (χ4v) is 3.71. The first-order valence-electron chi connectivity index (χ1n) is 10.0. The second-order valence-corrected chi connectivity index (χ2v) is 7.95. The summed E-state index contributed by atoms with van der Waals surface area (Å²) >= 11 is 6.10. The molecule has 0 aliphatic rings. The Balaban J connectivity index is 1.54. The minimum Gasteiger partial charge on any atom is -0.366 e. The van der Waals surface area contributed by atoms with E-state index in [4.69, 9.17) is 17.3 Å². The van der Waals surface area contributed by atoms with Crippen LogP contribution in [-0.4, -0.2) is 33.2 Å². The second kappa shape index (κ2) is 9.11. The molecule has 0 fully saturated rings. The Hall–Kier alpha value is -3.59. The van der Waals surface area contributed by atoms with Crippen LogP contribution in [0.3, 0.4) is 0 Å². The fourth-order valence-electron chi connectivity index (χ4n) is 3.48. The molecule has 3 N–H and O–H groups in total. The Kier molecular flexibility index (Phi) is 6.24. The lowest BCUT2D eigenvalue weighted by Gasteiger charge is -2.18. The lowest BCUT2D eigenvalue weighted by atomic mass is 9.96. The van der Waals surface area contributed by atoms with Gasteiger partial charge in [-0.05, 0) is 47.5 Å². The molecule has 0 radical (unpaired) electrons. The van der Waals surface area contributed by atoms with Gasteiger partial charge in [0.15, 0.2) is 5.65 Å². The Morgan fingerprint density at radius 2 is 1.91 bits per heavy atom. The first kappa shape index (κ1) is 22.6. The van der Waals surface area contributed by atoms with Gasteiger partial charge in [0.25, 0.3) is 5.91 Å². The summed E-state index contributed by atoms with van der Waals surface area (Å²) in [4.78, 5) is 16.7. The molecule has 0 saturated carbocycles. The number of carbonyl (C=O) groups excluding carboxylic acids is 1. The SMILES string of the molecule is CC(c1ccc(F)cc1)C(F)CNC(=O)c1c(Cl)ccc(-c2ccn3nc(N)nc3c2)c1F. The van der Waals surface area contributed by atoms with E-state index in [9.17, 15) is 13.6 Å². The van der Waals surface area contributed by atoms with Gasteiger partial charge in [0, 0.05) is 24.2 Å². The molecule has 4 aromatic rings. The maximum absolute atomic E-state index is 15.3. The summed E-state index contributed by atoms with van der Waals surface area (Å²) in [6.45, 7) is 1.24. The average Bonchev–Trinajstić information content (AvgIpc) is 3.16. The maximum atomic E-state index is 15.3. The van der Waals surface area contributed by atoms with Crippen LogP contribution in [0.25, 0.3) is 16.8 Å². The zero-order chi connectivity index (χ0) is 23.7. The highest BCUT2D eigenvalue weighted by atomic mass is 35.5. The number of rotatable bonds is 6. The van der Waals surface area contributed by atoms with Gasteiger partial charge in [-0.25, -0.2) is 17.7 Å². The number of hydrogen-bond donors (Lipinski definition) is 2. The quantitative estimate of drug-likeness (QED) is 0.422. The van der Waals surface area contributed by atoms with Crippen molar-refractivity contribution in [2.24, 2.45) is 0 Å². The van der Waals surface area contributed by atoms with Crippen LogP contribution >= 0.6 is 11.6 Å². The van der Waals surface area contributed by atoms with Gasteiger partial charge in [-0.2, -0.15) is 4.98 Å². The van der Waals surface area contributed by atoms with Crippen molar-refractivity contribution in [1.29, 1.82) is 0 Å². The van der Waals surface area contributed by atoms with Gasteiger partial charge < -0.3 is 11.1 Å². The molecule has 0 bridgehead atoms. The average molecular weight is 474 g/mol. The zero-order valence-electron chi connectivity index (χ0n) is 17.4. The third-order valence-corrected chi connectivity index (χ3v) is 5.69. The van der Waals surface area contributed by atoms with Crippen molar-refractivity contribution < 1.29 is 18.0 Å². The highest BCUT2D eigenvalue weighted by Gasteiger charge is 2.23. The number of hydrogen-bond acceptors (Lipinski definition) is 4. The number of nitrogens with two attached hydrogens (primary N) is 1. The first-order chi connectivity index (χ1) is 15.7. The number of nitrogen functional groups attached to an aromatic ring is 1. The third-order valence-electron chi connectivity index (χ3n) is 5.38. The number of fused-ring (bicyclic) bond motifs is 1. The normalized spacial score (nSPS) is 13.1. The van der Waals surface area contributed by atoms with Crippen LogP contribution in [0.4, 0.5) is 19.1 Å². The molecule has 4 rings (SSSR count). The van der Waals surface area contributed by atoms with Crippen molar-refractivity contribution in [3.63, 3.8) is 0 Å². The first-order valence-corrected chi connectivity index (χ1v) is 10.4. The molecule has 0 spiro atoms. The molecule has 2 heterocycles. The van der Waals surface area contributed by atoms with Crippen LogP contribution in [0, 0.1) is 11.6 Å². The zero-order valence-corrected chi connectivity index (χ0v) is 18.2. The number of anilines is 1. The van der Waals surface area contributed by atoms with Crippen molar-refractivity contribution >= 4 is 29.1 Å². The van der Waals surface area contributed by atoms with Gasteiger partial charge in [-0.15, -0.1) is 5.10 Å². The van der Waals surface area contributed by atoms with E-state index >= 15 is 4.39 Å². The summed E-state index contributed by atoms with van der Waals surface area (Å²) < 4.78 is 44.5. The van der Waals surface area contributed by atoms with Crippen molar-refractivity contribution in [2.75, 3.05) is 12.3 Å². The number of nitrogens with one attached hydrogen (secondary N) is 1. The van der Waals surface area contributed by atoms with Crippen molar-refractivity contribution in [3.05, 3.63) is 82.5 Å². The molecular weight excluding hydrogens is 455 g/mol. The van der Waals surface area contributed by atoms with E-state index in [2.05, 4.69) is 15.4 Å². The smallest absolute Gasteiger partial charge is 0.255 e. The van der Waals surface area contributed by atoms with Crippen LogP contribution in [0.15, 0.2) is 54.7 Å². The molecule has 33 heavy (non-hydrogen) atoms. The van der Waals surface area contributed by atoms with Crippen LogP contribution in [0.5, 0.6) is 0 Å². The Morgan fingerprint density at radius 1 is 1.18 bits per heavy atom. The van der Waals surface area contributed by atoms with Crippen LogP contribution < -0.4 is 11.1 Å². The Morgan fingerprint density at radius 3 is 2.64 bits per heavy atom. The molecule has 2 aromatic heterocycles. The predicted molar refractivity (Wildman–Crippen MR) is 120 cm³/mol. The lowest BCUT2D eigenvalue weighted by molar-refractivity contribution is 0.0935. The van der Waals surface area contributed by atoms with E-state index in [1.54, 1.807) is 25.3 Å². The second-order valence-electron chi connectivity index (χ2n) is 7.54. The molecular formula is C23H19ClF3N5O. The molecule has 2 atom stereocenters. The van der Waals surface area contributed by atoms with Gasteiger partial charge in [0.1, 0.15) is 17.8 Å². The van der Waals surface area contributed by atoms with Gasteiger partial charge in [-0.1, -0.05) is 30.7 Å². The van der Waals surface area contributed by atoms with Gasteiger partial charge >= 0.3 is 0 Å². The standard InChI is InChI=1S/C23H19ClF3N5O/c1-12(13-2-4-15(25)5-3-13)18(26)11-29-22(33)20-17(24)7-6-16(21(20)27)14-8-9-32-19(10-14)30-23(28)31-32/h2-10,12,18H,11H2,1H3,(H2,28,31)(H,29,33). The van der Waals surface area contributed by atoms with E-state index in [1.807, 2.05) is 0 Å². The molecule has 10 heteroatoms. The van der Waals surface area contributed by atoms with Gasteiger partial charge in [0.2, 0.25) is 5.95 Å². The topological polar surface area (TPSA) is 85.3 Å². The number of alkyl halides is 1. The maximum Gasteiger partial charge on any atom is 0.255 e. The molecule has 6 nitrogen and oxygen atoms in total. The highest BCUT2D eigenvalue weighted by molar-refractivity contribution is 6.34. The number of pyridine rings is 1. The molecule has 0 saturated heterocycles. The minimum absolute atomic E-state index is 0.0689. The van der Waals surface area contributed by atoms with Crippen molar-refractivity contribution in [1.82, 2.24) is 19.9 Å². The number of aromatic nitrogens is 3. The molecule has 0 aliphatic heterocycles. The number of carbonyl (C=O) groups is 1. The molecule has 170 valence electrons. The molecule has 1 amide bonds. The van der Waals surface area contributed by atoms with E-state index in [0.717, 1.165) is 0 Å². The van der Waals surface area contributed by atoms with E-state index in [0.29, 0.717) is 16.8 Å². The Labute approximate surface area is 192 Å². The summed E-state index contributed by atoms with van der Waals surface area (Å²) in [6, 6.07) is 11.4. The van der Waals surface area contributed by atoms with E-state index < -0.39 is 35.2 Å². The summed E-state index contributed by atoms with van der Waals surface area (Å²) in [5.41, 5.74) is 6.72. The third kappa shape index (κ3) is 4.63. The monoisotopic (exact) mass is 473 g/mol. The predicted octanol–water partition coefficient (Wildman–Crippen LogP) is 4.78. The largest absolute Gasteiger partial charge is 0.366 e. The minimum atomic E-state index is -1.48. The number of halogens is 4. The van der Waals surface area contributed by atoms with Gasteiger partial charge in [-0.3, -0.25) is 4.79 Å². The molecule has 2 unspecified atom stereocenters. The van der Waals surface area contributed by atoms with E-state index in [1.165, 1.54) is 40.9 Å². The lowest BCUT2D eigenvalue weighted by Crippen LogP contribution is -2.33. The Bertz CT molecular complexity index is 1330. The van der Waals surface area contributed by atoms with Crippen LogP contribution in [0.2, 0.25) is 5.02 Å².